The number of ether oxygens (including phenoxy) is 1. The first-order chi connectivity index (χ1) is 14.2. The Bertz CT molecular complexity index is 960. The van der Waals surface area contributed by atoms with Crippen molar-refractivity contribution in [2.75, 3.05) is 30.9 Å². The van der Waals surface area contributed by atoms with Gasteiger partial charge in [0.05, 0.1) is 25.4 Å². The maximum atomic E-state index is 13.0. The molecule has 4 nitrogen and oxygen atoms in total. The second-order valence-corrected chi connectivity index (χ2v) is 8.06. The SMILES string of the molecule is COc1ccc([C@@H](NC(=O)CN2CCSc3ccccc32)c2ccccc2)cc1. The van der Waals surface area contributed by atoms with Crippen LogP contribution in [-0.2, 0) is 4.79 Å². The fraction of sp³-hybridized carbons (Fsp3) is 0.208. The maximum absolute atomic E-state index is 13.0. The van der Waals surface area contributed by atoms with Crippen LogP contribution in [0.2, 0.25) is 0 Å². The molecule has 0 spiro atoms. The van der Waals surface area contributed by atoms with E-state index in [2.05, 4.69) is 22.3 Å². The first-order valence-corrected chi connectivity index (χ1v) is 10.7. The van der Waals surface area contributed by atoms with Gasteiger partial charge in [-0.15, -0.1) is 11.8 Å². The molecule has 0 aliphatic carbocycles. The number of thioether (sulfide) groups is 1. The number of hydrogen-bond donors (Lipinski definition) is 1. The van der Waals surface area contributed by atoms with Gasteiger partial charge >= 0.3 is 0 Å². The van der Waals surface area contributed by atoms with Crippen molar-refractivity contribution in [2.24, 2.45) is 0 Å². The van der Waals surface area contributed by atoms with Gasteiger partial charge in [-0.1, -0.05) is 54.6 Å². The zero-order valence-electron chi connectivity index (χ0n) is 16.4. The number of carbonyl (C=O) groups is 1. The number of carbonyl (C=O) groups excluding carboxylic acids is 1. The lowest BCUT2D eigenvalue weighted by Gasteiger charge is -2.31. The third-order valence-corrected chi connectivity index (χ3v) is 6.09. The van der Waals surface area contributed by atoms with Crippen LogP contribution in [0.5, 0.6) is 5.75 Å². The summed E-state index contributed by atoms with van der Waals surface area (Å²) in [4.78, 5) is 16.4. The Hall–Kier alpha value is -2.92. The van der Waals surface area contributed by atoms with Crippen molar-refractivity contribution < 1.29 is 9.53 Å². The predicted molar refractivity (Wildman–Crippen MR) is 119 cm³/mol. The lowest BCUT2D eigenvalue weighted by atomic mass is 9.98. The van der Waals surface area contributed by atoms with Crippen LogP contribution in [0.1, 0.15) is 17.2 Å². The van der Waals surface area contributed by atoms with E-state index in [0.29, 0.717) is 6.54 Å². The topological polar surface area (TPSA) is 41.6 Å². The third kappa shape index (κ3) is 4.57. The number of nitrogens with one attached hydrogen (secondary N) is 1. The van der Waals surface area contributed by atoms with E-state index in [1.165, 1.54) is 4.90 Å². The average Bonchev–Trinajstić information content (AvgIpc) is 2.78. The minimum atomic E-state index is -0.205. The summed E-state index contributed by atoms with van der Waals surface area (Å²) in [7, 11) is 1.65. The molecule has 0 bridgehead atoms. The molecular weight excluding hydrogens is 380 g/mol. The van der Waals surface area contributed by atoms with Crippen LogP contribution in [0.25, 0.3) is 0 Å². The van der Waals surface area contributed by atoms with Crippen LogP contribution < -0.4 is 15.0 Å². The molecule has 1 amide bonds. The highest BCUT2D eigenvalue weighted by Crippen LogP contribution is 2.34. The molecule has 3 aromatic rings. The molecule has 148 valence electrons. The highest BCUT2D eigenvalue weighted by Gasteiger charge is 2.22. The van der Waals surface area contributed by atoms with E-state index in [9.17, 15) is 4.79 Å². The molecule has 0 saturated carbocycles. The Morgan fingerprint density at radius 1 is 1.00 bits per heavy atom. The van der Waals surface area contributed by atoms with Gasteiger partial charge in [0.2, 0.25) is 5.91 Å². The summed E-state index contributed by atoms with van der Waals surface area (Å²) in [6, 6.07) is 26.0. The zero-order valence-corrected chi connectivity index (χ0v) is 17.2. The predicted octanol–water partition coefficient (Wildman–Crippen LogP) is 4.51. The number of rotatable bonds is 6. The molecule has 1 N–H and O–H groups in total. The summed E-state index contributed by atoms with van der Waals surface area (Å²) in [5.41, 5.74) is 3.22. The molecule has 1 aliphatic heterocycles. The molecule has 0 fully saturated rings. The van der Waals surface area contributed by atoms with Crippen molar-refractivity contribution in [1.82, 2.24) is 5.32 Å². The molecular formula is C24H24N2O2S. The fourth-order valence-corrected chi connectivity index (χ4v) is 4.62. The highest BCUT2D eigenvalue weighted by molar-refractivity contribution is 7.99. The van der Waals surface area contributed by atoms with Crippen molar-refractivity contribution >= 4 is 23.4 Å². The molecule has 0 saturated heterocycles. The maximum Gasteiger partial charge on any atom is 0.240 e. The van der Waals surface area contributed by atoms with Gasteiger partial charge in [0.15, 0.2) is 0 Å². The Balaban J connectivity index is 1.54. The van der Waals surface area contributed by atoms with Crippen molar-refractivity contribution in [1.29, 1.82) is 0 Å². The quantitative estimate of drug-likeness (QED) is 0.656. The molecule has 1 aliphatic rings. The first-order valence-electron chi connectivity index (χ1n) is 9.69. The number of benzene rings is 3. The normalized spacial score (nSPS) is 14.0. The molecule has 0 radical (unpaired) electrons. The van der Waals surface area contributed by atoms with Crippen molar-refractivity contribution in [3.8, 4) is 5.75 Å². The number of anilines is 1. The summed E-state index contributed by atoms with van der Waals surface area (Å²) in [5, 5.41) is 3.24. The van der Waals surface area contributed by atoms with Gasteiger partial charge in [-0.2, -0.15) is 0 Å². The van der Waals surface area contributed by atoms with E-state index < -0.39 is 0 Å². The molecule has 29 heavy (non-hydrogen) atoms. The van der Waals surface area contributed by atoms with Crippen LogP contribution in [0.4, 0.5) is 5.69 Å². The van der Waals surface area contributed by atoms with Gasteiger partial charge in [0.25, 0.3) is 0 Å². The van der Waals surface area contributed by atoms with Crippen LogP contribution in [0.3, 0.4) is 0 Å². The second kappa shape index (κ2) is 9.05. The van der Waals surface area contributed by atoms with E-state index in [1.54, 1.807) is 7.11 Å². The number of para-hydroxylation sites is 1. The minimum absolute atomic E-state index is 0.0105. The first kappa shape index (κ1) is 19.4. The number of nitrogens with zero attached hydrogens (tertiary/aromatic N) is 1. The Morgan fingerprint density at radius 3 is 2.45 bits per heavy atom. The number of amides is 1. The third-order valence-electron chi connectivity index (χ3n) is 5.05. The van der Waals surface area contributed by atoms with E-state index in [1.807, 2.05) is 78.5 Å². The number of hydrogen-bond acceptors (Lipinski definition) is 4. The summed E-state index contributed by atoms with van der Waals surface area (Å²) >= 11 is 1.85. The van der Waals surface area contributed by atoms with Gasteiger partial charge in [0, 0.05) is 17.2 Å². The second-order valence-electron chi connectivity index (χ2n) is 6.92. The zero-order chi connectivity index (χ0) is 20.1. The number of fused-ring (bicyclic) bond motifs is 1. The van der Waals surface area contributed by atoms with Crippen LogP contribution >= 0.6 is 11.8 Å². The van der Waals surface area contributed by atoms with Gasteiger partial charge in [-0.3, -0.25) is 4.79 Å². The van der Waals surface area contributed by atoms with Crippen LogP contribution in [0, 0.1) is 0 Å². The summed E-state index contributed by atoms with van der Waals surface area (Å²) in [6.07, 6.45) is 0. The van der Waals surface area contributed by atoms with Gasteiger partial charge in [-0.05, 0) is 35.4 Å². The standard InChI is InChI=1S/C24H24N2O2S/c1-28-20-13-11-19(12-14-20)24(18-7-3-2-4-8-18)25-23(27)17-26-15-16-29-22-10-6-5-9-21(22)26/h2-14,24H,15-17H2,1H3,(H,25,27)/t24-/m0/s1. The fourth-order valence-electron chi connectivity index (χ4n) is 3.57. The Labute approximate surface area is 175 Å². The Morgan fingerprint density at radius 2 is 1.69 bits per heavy atom. The van der Waals surface area contributed by atoms with Crippen LogP contribution in [-0.4, -0.2) is 31.9 Å². The Kier molecular flexibility index (Phi) is 6.06. The molecule has 0 aromatic heterocycles. The van der Waals surface area contributed by atoms with Crippen molar-refractivity contribution in [3.05, 3.63) is 90.0 Å². The van der Waals surface area contributed by atoms with E-state index in [0.717, 1.165) is 34.9 Å². The van der Waals surface area contributed by atoms with Gasteiger partial charge in [-0.25, -0.2) is 0 Å². The molecule has 5 heteroatoms. The van der Waals surface area contributed by atoms with Gasteiger partial charge in [0.1, 0.15) is 5.75 Å². The number of methoxy groups -OCH3 is 1. The monoisotopic (exact) mass is 404 g/mol. The van der Waals surface area contributed by atoms with E-state index in [4.69, 9.17) is 4.74 Å². The summed E-state index contributed by atoms with van der Waals surface area (Å²) in [6.45, 7) is 1.21. The molecule has 4 rings (SSSR count). The summed E-state index contributed by atoms with van der Waals surface area (Å²) < 4.78 is 5.27. The molecule has 3 aromatic carbocycles. The smallest absolute Gasteiger partial charge is 0.240 e. The minimum Gasteiger partial charge on any atom is -0.497 e. The average molecular weight is 405 g/mol. The largest absolute Gasteiger partial charge is 0.497 e. The van der Waals surface area contributed by atoms with Gasteiger partial charge < -0.3 is 15.0 Å². The lowest BCUT2D eigenvalue weighted by Crippen LogP contribution is -2.41. The van der Waals surface area contributed by atoms with Crippen molar-refractivity contribution in [2.45, 2.75) is 10.9 Å². The van der Waals surface area contributed by atoms with Crippen molar-refractivity contribution in [3.63, 3.8) is 0 Å². The van der Waals surface area contributed by atoms with E-state index in [-0.39, 0.29) is 11.9 Å². The van der Waals surface area contributed by atoms with E-state index >= 15 is 0 Å². The molecule has 1 atom stereocenters. The summed E-state index contributed by atoms with van der Waals surface area (Å²) in [5.74, 6) is 1.80. The molecule has 0 unspecified atom stereocenters. The highest BCUT2D eigenvalue weighted by atomic mass is 32.2. The molecule has 1 heterocycles. The lowest BCUT2D eigenvalue weighted by molar-refractivity contribution is -0.120. The van der Waals surface area contributed by atoms with Crippen LogP contribution in [0.15, 0.2) is 83.8 Å².